The molecule has 0 saturated carbocycles. The van der Waals surface area contributed by atoms with E-state index in [0.717, 1.165) is 11.1 Å². The highest BCUT2D eigenvalue weighted by molar-refractivity contribution is 7.84. The smallest absolute Gasteiger partial charge is 0.321 e. The first-order valence-electron chi connectivity index (χ1n) is 6.99. The molecule has 0 aliphatic carbocycles. The highest BCUT2D eigenvalue weighted by atomic mass is 32.2. The minimum Gasteiger partial charge on any atom is -0.493 e. The molecule has 0 aliphatic rings. The average Bonchev–Trinajstić information content (AvgIpc) is 2.54. The van der Waals surface area contributed by atoms with E-state index in [1.165, 1.54) is 14.2 Å². The van der Waals surface area contributed by atoms with Gasteiger partial charge in [-0.3, -0.25) is 14.3 Å². The van der Waals surface area contributed by atoms with Gasteiger partial charge in [0.25, 0.3) is 0 Å². The molecule has 8 heteroatoms. The van der Waals surface area contributed by atoms with E-state index in [1.54, 1.807) is 13.2 Å². The van der Waals surface area contributed by atoms with Crippen LogP contribution in [0.25, 0.3) is 0 Å². The first kappa shape index (κ1) is 19.0. The van der Waals surface area contributed by atoms with Crippen LogP contribution in [0.3, 0.4) is 0 Å². The Morgan fingerprint density at radius 2 is 1.78 bits per heavy atom. The maximum atomic E-state index is 12.1. The molecule has 1 rings (SSSR count). The van der Waals surface area contributed by atoms with E-state index in [-0.39, 0.29) is 12.2 Å². The lowest BCUT2D eigenvalue weighted by Crippen LogP contribution is -2.37. The molecule has 1 atom stereocenters. The van der Waals surface area contributed by atoms with Crippen LogP contribution in [-0.2, 0) is 21.3 Å². The Hall–Kier alpha value is -2.09. The van der Waals surface area contributed by atoms with Gasteiger partial charge in [0.05, 0.1) is 14.2 Å². The molecule has 1 aromatic carbocycles. The quantitative estimate of drug-likeness (QED) is 0.774. The first-order valence-corrected chi connectivity index (χ1v) is 8.48. The lowest BCUT2D eigenvalue weighted by atomic mass is 10.1. The third-order valence-electron chi connectivity index (χ3n) is 3.20. The second kappa shape index (κ2) is 9.14. The molecule has 0 fully saturated rings. The number of ether oxygens (including phenoxy) is 2. The molecule has 0 aliphatic heterocycles. The minimum absolute atomic E-state index is 0.0202. The molecule has 0 aromatic heterocycles. The van der Waals surface area contributed by atoms with Crippen LogP contribution in [0.1, 0.15) is 17.5 Å². The number of imide groups is 1. The second-order valence-electron chi connectivity index (χ2n) is 4.80. The molecular weight excluding hydrogens is 320 g/mol. The Balaban J connectivity index is 2.64. The van der Waals surface area contributed by atoms with Crippen molar-refractivity contribution in [3.63, 3.8) is 0 Å². The second-order valence-corrected chi connectivity index (χ2v) is 6.38. The van der Waals surface area contributed by atoms with Gasteiger partial charge in [-0.2, -0.15) is 0 Å². The van der Waals surface area contributed by atoms with Crippen LogP contribution in [0.2, 0.25) is 0 Å². The summed E-state index contributed by atoms with van der Waals surface area (Å²) in [4.78, 5) is 22.5. The molecule has 2 N–H and O–H groups in total. The average molecular weight is 342 g/mol. The number of carbonyl (C=O) groups excluding carboxylic acids is 2. The summed E-state index contributed by atoms with van der Waals surface area (Å²) in [6, 6.07) is 3.04. The number of rotatable bonds is 7. The van der Waals surface area contributed by atoms with Crippen LogP contribution in [0, 0.1) is 6.92 Å². The van der Waals surface area contributed by atoms with Crippen molar-refractivity contribution in [1.29, 1.82) is 0 Å². The van der Waals surface area contributed by atoms with Crippen molar-refractivity contribution in [3.05, 3.63) is 23.3 Å². The summed E-state index contributed by atoms with van der Waals surface area (Å²) in [5, 5.41) is 4.42. The van der Waals surface area contributed by atoms with Gasteiger partial charge >= 0.3 is 6.03 Å². The summed E-state index contributed by atoms with van der Waals surface area (Å²) in [6.45, 7) is 1.90. The Bertz CT molecular complexity index is 604. The van der Waals surface area contributed by atoms with Crippen LogP contribution in [0.15, 0.2) is 12.1 Å². The molecule has 0 saturated heterocycles. The van der Waals surface area contributed by atoms with Gasteiger partial charge in [0, 0.05) is 35.8 Å². The van der Waals surface area contributed by atoms with Crippen LogP contribution in [0.5, 0.6) is 11.5 Å². The van der Waals surface area contributed by atoms with E-state index < -0.39 is 22.7 Å². The highest BCUT2D eigenvalue weighted by Crippen LogP contribution is 2.30. The van der Waals surface area contributed by atoms with E-state index in [0.29, 0.717) is 17.3 Å². The molecule has 1 aromatic rings. The zero-order valence-corrected chi connectivity index (χ0v) is 14.5. The number of hydrogen-bond acceptors (Lipinski definition) is 5. The number of nitrogens with one attached hydrogen (secondary N) is 2. The number of carbonyl (C=O) groups is 2. The predicted molar refractivity (Wildman–Crippen MR) is 88.2 cm³/mol. The van der Waals surface area contributed by atoms with E-state index in [4.69, 9.17) is 9.47 Å². The molecule has 0 spiro atoms. The van der Waals surface area contributed by atoms with Crippen molar-refractivity contribution in [2.45, 2.75) is 19.1 Å². The number of amides is 3. The van der Waals surface area contributed by atoms with Crippen molar-refractivity contribution in [2.75, 3.05) is 27.0 Å². The van der Waals surface area contributed by atoms with Gasteiger partial charge in [0.1, 0.15) is 0 Å². The molecule has 3 amide bonds. The van der Waals surface area contributed by atoms with Gasteiger partial charge in [-0.15, -0.1) is 0 Å². The van der Waals surface area contributed by atoms with Gasteiger partial charge in [0.2, 0.25) is 5.91 Å². The lowest BCUT2D eigenvalue weighted by Gasteiger charge is -2.12. The number of hydrogen-bond donors (Lipinski definition) is 2. The van der Waals surface area contributed by atoms with Gasteiger partial charge < -0.3 is 14.8 Å². The molecule has 7 nitrogen and oxygen atoms in total. The Morgan fingerprint density at radius 1 is 1.17 bits per heavy atom. The molecule has 23 heavy (non-hydrogen) atoms. The van der Waals surface area contributed by atoms with Crippen molar-refractivity contribution >= 4 is 22.7 Å². The van der Waals surface area contributed by atoms with Crippen molar-refractivity contribution < 1.29 is 23.3 Å². The summed E-state index contributed by atoms with van der Waals surface area (Å²) in [6.07, 6.45) is 0.0202. The molecular formula is C15H22N2O5S. The number of methoxy groups -OCH3 is 2. The Kier molecular flexibility index (Phi) is 7.53. The molecule has 128 valence electrons. The van der Waals surface area contributed by atoms with Crippen molar-refractivity contribution in [2.24, 2.45) is 0 Å². The normalized spacial score (nSPS) is 11.5. The number of benzene rings is 1. The fourth-order valence-corrected chi connectivity index (χ4v) is 3.10. The third kappa shape index (κ3) is 5.90. The Labute approximate surface area is 138 Å². The summed E-state index contributed by atoms with van der Waals surface area (Å²) in [5.41, 5.74) is 1.80. The van der Waals surface area contributed by atoms with Crippen molar-refractivity contribution in [3.8, 4) is 11.5 Å². The van der Waals surface area contributed by atoms with E-state index in [9.17, 15) is 13.8 Å². The largest absolute Gasteiger partial charge is 0.493 e. The minimum atomic E-state index is -1.23. The molecule has 0 bridgehead atoms. The van der Waals surface area contributed by atoms with E-state index in [2.05, 4.69) is 10.6 Å². The Morgan fingerprint density at radius 3 is 2.35 bits per heavy atom. The summed E-state index contributed by atoms with van der Waals surface area (Å²) < 4.78 is 22.6. The van der Waals surface area contributed by atoms with Crippen LogP contribution in [0.4, 0.5) is 4.79 Å². The number of aryl methyl sites for hydroxylation is 1. The van der Waals surface area contributed by atoms with Gasteiger partial charge in [0.15, 0.2) is 11.5 Å². The maximum Gasteiger partial charge on any atom is 0.321 e. The van der Waals surface area contributed by atoms with E-state index >= 15 is 0 Å². The molecule has 0 radical (unpaired) electrons. The molecule has 0 heterocycles. The van der Waals surface area contributed by atoms with Gasteiger partial charge in [-0.1, -0.05) is 0 Å². The SMILES string of the molecule is CNC(=O)NC(=O)CCS(=O)Cc1cc(OC)c(OC)cc1C. The monoisotopic (exact) mass is 342 g/mol. The van der Waals surface area contributed by atoms with Crippen LogP contribution < -0.4 is 20.1 Å². The van der Waals surface area contributed by atoms with Crippen molar-refractivity contribution in [1.82, 2.24) is 10.6 Å². The lowest BCUT2D eigenvalue weighted by molar-refractivity contribution is -0.119. The molecule has 1 unspecified atom stereocenters. The number of urea groups is 1. The fraction of sp³-hybridized carbons (Fsp3) is 0.467. The van der Waals surface area contributed by atoms with E-state index in [1.807, 2.05) is 13.0 Å². The maximum absolute atomic E-state index is 12.1. The summed E-state index contributed by atoms with van der Waals surface area (Å²) in [5.74, 6) is 1.21. The zero-order valence-electron chi connectivity index (χ0n) is 13.7. The summed E-state index contributed by atoms with van der Waals surface area (Å²) >= 11 is 0. The fourth-order valence-electron chi connectivity index (χ4n) is 1.88. The predicted octanol–water partition coefficient (Wildman–Crippen LogP) is 1.11. The topological polar surface area (TPSA) is 93.7 Å². The standard InChI is InChI=1S/C15H22N2O5S/c1-10-7-12(21-3)13(22-4)8-11(10)9-23(20)6-5-14(18)17-15(19)16-2/h7-8H,5-6,9H2,1-4H3,(H2,16,17,18,19). The van der Waals surface area contributed by atoms with Gasteiger partial charge in [-0.25, -0.2) is 4.79 Å². The van der Waals surface area contributed by atoms with Crippen LogP contribution in [-0.4, -0.2) is 43.2 Å². The van der Waals surface area contributed by atoms with Crippen LogP contribution >= 0.6 is 0 Å². The zero-order chi connectivity index (χ0) is 17.4. The third-order valence-corrected chi connectivity index (χ3v) is 4.49. The highest BCUT2D eigenvalue weighted by Gasteiger charge is 2.13. The first-order chi connectivity index (χ1) is 10.9. The van der Waals surface area contributed by atoms with Gasteiger partial charge in [-0.05, 0) is 30.2 Å². The summed E-state index contributed by atoms with van der Waals surface area (Å²) in [7, 11) is 3.29.